The van der Waals surface area contributed by atoms with Crippen LogP contribution in [0.3, 0.4) is 0 Å². The molecule has 96 valence electrons. The maximum absolute atomic E-state index is 12.7. The average molecular weight is 281 g/mol. The number of benzene rings is 3. The van der Waals surface area contributed by atoms with Crippen LogP contribution < -0.4 is 5.43 Å². The van der Waals surface area contributed by atoms with Crippen LogP contribution in [0.25, 0.3) is 32.7 Å². The lowest BCUT2D eigenvalue weighted by molar-refractivity contribution is 0.660. The fourth-order valence-corrected chi connectivity index (χ4v) is 2.82. The van der Waals surface area contributed by atoms with Crippen LogP contribution in [-0.4, -0.2) is 0 Å². The molecule has 0 unspecified atom stereocenters. The summed E-state index contributed by atoms with van der Waals surface area (Å²) in [7, 11) is 0. The first kappa shape index (κ1) is 11.5. The van der Waals surface area contributed by atoms with E-state index in [0.29, 0.717) is 27.0 Å². The van der Waals surface area contributed by atoms with E-state index in [1.54, 1.807) is 18.2 Å². The molecule has 1 aromatic heterocycles. The van der Waals surface area contributed by atoms with Crippen molar-refractivity contribution < 1.29 is 4.42 Å². The first-order valence-electron chi connectivity index (χ1n) is 6.28. The zero-order valence-electron chi connectivity index (χ0n) is 10.4. The van der Waals surface area contributed by atoms with Crippen molar-refractivity contribution >= 4 is 44.3 Å². The minimum Gasteiger partial charge on any atom is -0.454 e. The molecular formula is C17H9ClO2. The van der Waals surface area contributed by atoms with E-state index in [1.807, 2.05) is 36.4 Å². The van der Waals surface area contributed by atoms with Gasteiger partial charge >= 0.3 is 0 Å². The Kier molecular flexibility index (Phi) is 2.35. The van der Waals surface area contributed by atoms with Gasteiger partial charge in [0.2, 0.25) is 5.43 Å². The Morgan fingerprint density at radius 3 is 2.55 bits per heavy atom. The molecule has 0 amide bonds. The van der Waals surface area contributed by atoms with E-state index in [9.17, 15) is 4.79 Å². The molecule has 0 atom stereocenters. The zero-order valence-corrected chi connectivity index (χ0v) is 11.1. The fraction of sp³-hybridized carbons (Fsp3) is 0. The molecule has 0 saturated heterocycles. The van der Waals surface area contributed by atoms with Crippen LogP contribution in [0.5, 0.6) is 0 Å². The second-order valence-electron chi connectivity index (χ2n) is 4.71. The number of rotatable bonds is 0. The molecular weight excluding hydrogens is 272 g/mol. The number of fused-ring (bicyclic) bond motifs is 4. The van der Waals surface area contributed by atoms with E-state index in [4.69, 9.17) is 16.0 Å². The maximum atomic E-state index is 12.7. The van der Waals surface area contributed by atoms with Gasteiger partial charge in [0.15, 0.2) is 5.58 Å². The second-order valence-corrected chi connectivity index (χ2v) is 5.11. The van der Waals surface area contributed by atoms with Crippen LogP contribution in [-0.2, 0) is 0 Å². The summed E-state index contributed by atoms with van der Waals surface area (Å²) in [6.45, 7) is 0. The topological polar surface area (TPSA) is 30.2 Å². The first-order chi connectivity index (χ1) is 9.75. The maximum Gasteiger partial charge on any atom is 0.201 e. The van der Waals surface area contributed by atoms with Crippen molar-refractivity contribution in [1.29, 1.82) is 0 Å². The Hall–Kier alpha value is -2.32. The molecule has 0 saturated carbocycles. The van der Waals surface area contributed by atoms with Gasteiger partial charge < -0.3 is 4.42 Å². The summed E-state index contributed by atoms with van der Waals surface area (Å²) in [6.07, 6.45) is 0. The molecule has 20 heavy (non-hydrogen) atoms. The van der Waals surface area contributed by atoms with Gasteiger partial charge in [-0.1, -0.05) is 48.0 Å². The zero-order chi connectivity index (χ0) is 13.7. The molecule has 0 N–H and O–H groups in total. The lowest BCUT2D eigenvalue weighted by atomic mass is 10.0. The van der Waals surface area contributed by atoms with E-state index >= 15 is 0 Å². The van der Waals surface area contributed by atoms with Gasteiger partial charge in [-0.2, -0.15) is 0 Å². The lowest BCUT2D eigenvalue weighted by Crippen LogP contribution is -2.02. The predicted molar refractivity (Wildman–Crippen MR) is 82.5 cm³/mol. The van der Waals surface area contributed by atoms with E-state index in [2.05, 4.69) is 0 Å². The van der Waals surface area contributed by atoms with Gasteiger partial charge in [0.25, 0.3) is 0 Å². The van der Waals surface area contributed by atoms with Crippen LogP contribution in [0.4, 0.5) is 0 Å². The van der Waals surface area contributed by atoms with E-state index in [1.165, 1.54) is 0 Å². The molecule has 0 spiro atoms. The van der Waals surface area contributed by atoms with E-state index in [0.717, 1.165) is 10.8 Å². The highest BCUT2D eigenvalue weighted by molar-refractivity contribution is 6.35. The average Bonchev–Trinajstić information content (AvgIpc) is 2.48. The van der Waals surface area contributed by atoms with Gasteiger partial charge in [-0.25, -0.2) is 0 Å². The van der Waals surface area contributed by atoms with Crippen LogP contribution in [0.15, 0.2) is 63.8 Å². The standard InChI is InChI=1S/C17H9ClO2/c18-13-7-3-6-12-16(19)15-11-5-2-1-4-10(11)8-9-14(15)20-17(12)13/h1-9H. The monoisotopic (exact) mass is 280 g/mol. The minimum absolute atomic E-state index is 0.0412. The first-order valence-corrected chi connectivity index (χ1v) is 6.66. The molecule has 0 aliphatic carbocycles. The molecule has 0 aliphatic heterocycles. The number of halogens is 1. The molecule has 0 fully saturated rings. The Morgan fingerprint density at radius 2 is 1.65 bits per heavy atom. The van der Waals surface area contributed by atoms with Crippen LogP contribution in [0, 0.1) is 0 Å². The van der Waals surface area contributed by atoms with Crippen molar-refractivity contribution in [2.75, 3.05) is 0 Å². The fourth-order valence-electron chi connectivity index (χ4n) is 2.61. The SMILES string of the molecule is O=c1c2cccc(Cl)c2oc2ccc3ccccc3c12. The molecule has 0 bridgehead atoms. The summed E-state index contributed by atoms with van der Waals surface area (Å²) in [5, 5.41) is 3.50. The molecule has 0 aliphatic rings. The summed E-state index contributed by atoms with van der Waals surface area (Å²) < 4.78 is 5.83. The molecule has 4 rings (SSSR count). The van der Waals surface area contributed by atoms with E-state index in [-0.39, 0.29) is 5.43 Å². The van der Waals surface area contributed by atoms with E-state index < -0.39 is 0 Å². The summed E-state index contributed by atoms with van der Waals surface area (Å²) in [5.41, 5.74) is 0.969. The van der Waals surface area contributed by atoms with Crippen molar-refractivity contribution in [3.63, 3.8) is 0 Å². The number of hydrogen-bond donors (Lipinski definition) is 0. The van der Waals surface area contributed by atoms with Gasteiger partial charge in [0, 0.05) is 0 Å². The third-order valence-electron chi connectivity index (χ3n) is 3.54. The van der Waals surface area contributed by atoms with Crippen molar-refractivity contribution in [2.45, 2.75) is 0 Å². The quantitative estimate of drug-likeness (QED) is 0.344. The molecule has 2 nitrogen and oxygen atoms in total. The minimum atomic E-state index is -0.0412. The Bertz CT molecular complexity index is 1030. The van der Waals surface area contributed by atoms with Crippen molar-refractivity contribution in [3.8, 4) is 0 Å². The van der Waals surface area contributed by atoms with Crippen molar-refractivity contribution in [1.82, 2.24) is 0 Å². The third-order valence-corrected chi connectivity index (χ3v) is 3.84. The highest BCUT2D eigenvalue weighted by Crippen LogP contribution is 2.28. The third kappa shape index (κ3) is 1.49. The van der Waals surface area contributed by atoms with Crippen LogP contribution in [0.1, 0.15) is 0 Å². The number of hydrogen-bond acceptors (Lipinski definition) is 2. The summed E-state index contributed by atoms with van der Waals surface area (Å²) in [5.74, 6) is 0. The van der Waals surface area contributed by atoms with Gasteiger partial charge in [-0.3, -0.25) is 4.79 Å². The second kappa shape index (κ2) is 4.09. The molecule has 3 aromatic carbocycles. The normalized spacial score (nSPS) is 11.4. The predicted octanol–water partition coefficient (Wildman–Crippen LogP) is 4.75. The highest BCUT2D eigenvalue weighted by atomic mass is 35.5. The molecule has 1 heterocycles. The Balaban J connectivity index is 2.37. The molecule has 4 aromatic rings. The molecule has 3 heteroatoms. The summed E-state index contributed by atoms with van der Waals surface area (Å²) >= 11 is 6.11. The lowest BCUT2D eigenvalue weighted by Gasteiger charge is -2.05. The van der Waals surface area contributed by atoms with Gasteiger partial charge in [-0.05, 0) is 29.0 Å². The Labute approximate surface area is 119 Å². The number of para-hydroxylation sites is 1. The smallest absolute Gasteiger partial charge is 0.201 e. The van der Waals surface area contributed by atoms with Crippen molar-refractivity contribution in [3.05, 3.63) is 69.8 Å². The highest BCUT2D eigenvalue weighted by Gasteiger charge is 2.12. The van der Waals surface area contributed by atoms with Crippen molar-refractivity contribution in [2.24, 2.45) is 0 Å². The largest absolute Gasteiger partial charge is 0.454 e. The Morgan fingerprint density at radius 1 is 0.850 bits per heavy atom. The summed E-state index contributed by atoms with van der Waals surface area (Å²) in [4.78, 5) is 12.7. The van der Waals surface area contributed by atoms with Gasteiger partial charge in [0.1, 0.15) is 5.58 Å². The van der Waals surface area contributed by atoms with Gasteiger partial charge in [0.05, 0.1) is 15.8 Å². The van der Waals surface area contributed by atoms with Gasteiger partial charge in [-0.15, -0.1) is 0 Å². The summed E-state index contributed by atoms with van der Waals surface area (Å²) in [6, 6.07) is 16.8. The van der Waals surface area contributed by atoms with Crippen LogP contribution >= 0.6 is 11.6 Å². The molecule has 0 radical (unpaired) electrons. The van der Waals surface area contributed by atoms with Crippen LogP contribution in [0.2, 0.25) is 5.02 Å².